The number of carbonyl (C=O) groups is 2. The van der Waals surface area contributed by atoms with E-state index in [4.69, 9.17) is 4.74 Å². The Morgan fingerprint density at radius 2 is 1.95 bits per heavy atom. The van der Waals surface area contributed by atoms with Crippen LogP contribution in [-0.2, 0) is 21.5 Å². The molecule has 0 aliphatic carbocycles. The van der Waals surface area contributed by atoms with Crippen LogP contribution in [0, 0.1) is 0 Å². The Morgan fingerprint density at radius 1 is 1.35 bits per heavy atom. The van der Waals surface area contributed by atoms with Gasteiger partial charge in [-0.05, 0) is 0 Å². The summed E-state index contributed by atoms with van der Waals surface area (Å²) >= 11 is -1.45. The van der Waals surface area contributed by atoms with Gasteiger partial charge in [-0.25, -0.2) is 0 Å². The van der Waals surface area contributed by atoms with Crippen molar-refractivity contribution in [2.75, 3.05) is 6.61 Å². The summed E-state index contributed by atoms with van der Waals surface area (Å²) in [4.78, 5) is 23.9. The van der Waals surface area contributed by atoms with E-state index >= 15 is 0 Å². The summed E-state index contributed by atoms with van der Waals surface area (Å²) in [7, 11) is 0. The van der Waals surface area contributed by atoms with E-state index in [9.17, 15) is 9.59 Å². The molecule has 0 bridgehead atoms. The van der Waals surface area contributed by atoms with Crippen molar-refractivity contribution in [2.24, 2.45) is 0 Å². The molecule has 1 rings (SSSR count). The van der Waals surface area contributed by atoms with E-state index < -0.39 is 20.6 Å². The quantitative estimate of drug-likeness (QED) is 0.608. The van der Waals surface area contributed by atoms with Gasteiger partial charge in [-0.15, -0.1) is 0 Å². The second-order valence-electron chi connectivity index (χ2n) is 5.83. The zero-order valence-electron chi connectivity index (χ0n) is 13.1. The van der Waals surface area contributed by atoms with Gasteiger partial charge in [0.1, 0.15) is 0 Å². The van der Waals surface area contributed by atoms with E-state index in [1.165, 1.54) is 4.68 Å². The molecule has 0 aliphatic heterocycles. The Balaban J connectivity index is 3.15. The van der Waals surface area contributed by atoms with Crippen LogP contribution in [0.3, 0.4) is 0 Å². The molecule has 0 radical (unpaired) electrons. The van der Waals surface area contributed by atoms with Crippen LogP contribution in [0.15, 0.2) is 6.07 Å². The number of hydrogen-bond acceptors (Lipinski definition) is 4. The van der Waals surface area contributed by atoms with Crippen molar-refractivity contribution in [3.8, 4) is 0 Å². The molecular formula is C14H23AsN2O3. The maximum atomic E-state index is 12.0. The number of esters is 1. The number of ether oxygens (including phenoxy) is 1. The molecule has 1 heterocycles. The molecule has 0 saturated heterocycles. The summed E-state index contributed by atoms with van der Waals surface area (Å²) in [6.45, 7) is 8.30. The van der Waals surface area contributed by atoms with E-state index in [1.807, 2.05) is 32.2 Å². The Hall–Kier alpha value is -1.09. The molecule has 1 aromatic rings. The summed E-state index contributed by atoms with van der Waals surface area (Å²) in [6.07, 6.45) is 0. The molecule has 112 valence electrons. The first-order valence-electron chi connectivity index (χ1n) is 6.62. The molecule has 0 aromatic carbocycles. The van der Waals surface area contributed by atoms with E-state index in [1.54, 1.807) is 13.0 Å². The van der Waals surface area contributed by atoms with Gasteiger partial charge in [-0.3, -0.25) is 0 Å². The molecule has 0 spiro atoms. The predicted molar refractivity (Wildman–Crippen MR) is 79.4 cm³/mol. The van der Waals surface area contributed by atoms with E-state index in [-0.39, 0.29) is 16.5 Å². The number of aromatic nitrogens is 2. The molecule has 0 aliphatic rings. The van der Waals surface area contributed by atoms with Gasteiger partial charge >= 0.3 is 124 Å². The third-order valence-electron chi connectivity index (χ3n) is 2.82. The Kier molecular flexibility index (Phi) is 5.57. The van der Waals surface area contributed by atoms with Crippen molar-refractivity contribution in [3.63, 3.8) is 0 Å². The van der Waals surface area contributed by atoms with E-state index in [2.05, 4.69) is 5.10 Å². The summed E-state index contributed by atoms with van der Waals surface area (Å²) < 4.78 is 6.72. The topological polar surface area (TPSA) is 61.2 Å². The first-order valence-corrected chi connectivity index (χ1v) is 11.3. The van der Waals surface area contributed by atoms with Gasteiger partial charge < -0.3 is 0 Å². The Labute approximate surface area is 124 Å². The van der Waals surface area contributed by atoms with Crippen molar-refractivity contribution in [1.82, 2.24) is 9.78 Å². The molecule has 0 amide bonds. The van der Waals surface area contributed by atoms with Crippen LogP contribution in [0.4, 0.5) is 0 Å². The van der Waals surface area contributed by atoms with Crippen LogP contribution < -0.4 is 0 Å². The summed E-state index contributed by atoms with van der Waals surface area (Å²) in [5, 5.41) is 4.43. The summed E-state index contributed by atoms with van der Waals surface area (Å²) in [5.41, 5.74) is 4.94. The first-order chi connectivity index (χ1) is 9.16. The standard InChI is InChI=1S/C14H23AsN2O3/c1-7-20-13(19)10-8-11(14(2,3)4)16-17(10)9-12(18)15(5)6/h8H,7,9H2,1-6H3. The minimum atomic E-state index is -1.45. The second-order valence-corrected chi connectivity index (χ2v) is 10.6. The fourth-order valence-electron chi connectivity index (χ4n) is 1.54. The molecule has 0 atom stereocenters. The number of rotatable bonds is 5. The molecule has 1 aromatic heterocycles. The molecule has 0 N–H and O–H groups in total. The molecule has 0 fully saturated rings. The Morgan fingerprint density at radius 3 is 2.40 bits per heavy atom. The molecule has 6 heteroatoms. The van der Waals surface area contributed by atoms with Crippen LogP contribution in [0.25, 0.3) is 0 Å². The number of hydrogen-bond donors (Lipinski definition) is 0. The van der Waals surface area contributed by atoms with Crippen molar-refractivity contribution in [2.45, 2.75) is 51.1 Å². The van der Waals surface area contributed by atoms with Crippen LogP contribution >= 0.6 is 0 Å². The van der Waals surface area contributed by atoms with E-state index in [0.29, 0.717) is 12.3 Å². The van der Waals surface area contributed by atoms with E-state index in [0.717, 1.165) is 5.69 Å². The molecule has 5 nitrogen and oxygen atoms in total. The van der Waals surface area contributed by atoms with Gasteiger partial charge in [-0.1, -0.05) is 0 Å². The summed E-state index contributed by atoms with van der Waals surface area (Å²) in [5.74, 6) is -0.422. The normalized spacial score (nSPS) is 11.8. The van der Waals surface area contributed by atoms with Crippen molar-refractivity contribution in [3.05, 3.63) is 17.5 Å². The van der Waals surface area contributed by atoms with Crippen LogP contribution in [0.2, 0.25) is 11.4 Å². The summed E-state index contributed by atoms with van der Waals surface area (Å²) in [6, 6.07) is 1.73. The maximum absolute atomic E-state index is 12.0. The van der Waals surface area contributed by atoms with Crippen LogP contribution in [0.5, 0.6) is 0 Å². The molecular weight excluding hydrogens is 319 g/mol. The SMILES string of the molecule is CCOC(=O)c1cc(C(C)(C)C)nn1CC(=O)[As](C)C. The van der Waals surface area contributed by atoms with Crippen molar-refractivity contribution >= 4 is 25.2 Å². The van der Waals surface area contributed by atoms with Gasteiger partial charge in [0.05, 0.1) is 0 Å². The zero-order valence-corrected chi connectivity index (χ0v) is 14.9. The monoisotopic (exact) mass is 342 g/mol. The van der Waals surface area contributed by atoms with Crippen molar-refractivity contribution in [1.29, 1.82) is 0 Å². The average molecular weight is 342 g/mol. The van der Waals surface area contributed by atoms with Gasteiger partial charge in [0.2, 0.25) is 0 Å². The fourth-order valence-corrected chi connectivity index (χ4v) is 2.42. The van der Waals surface area contributed by atoms with Gasteiger partial charge in [0, 0.05) is 0 Å². The van der Waals surface area contributed by atoms with Gasteiger partial charge in [0.15, 0.2) is 0 Å². The third-order valence-corrected chi connectivity index (χ3v) is 5.21. The Bertz CT molecular complexity index is 501. The molecule has 20 heavy (non-hydrogen) atoms. The fraction of sp³-hybridized carbons (Fsp3) is 0.643. The first kappa shape index (κ1) is 17.0. The van der Waals surface area contributed by atoms with Crippen LogP contribution in [-0.4, -0.2) is 41.6 Å². The number of nitrogens with zero attached hydrogens (tertiary/aromatic N) is 2. The molecule has 0 unspecified atom stereocenters. The van der Waals surface area contributed by atoms with Gasteiger partial charge in [0.25, 0.3) is 0 Å². The average Bonchev–Trinajstić information content (AvgIpc) is 2.72. The van der Waals surface area contributed by atoms with Gasteiger partial charge in [-0.2, -0.15) is 0 Å². The predicted octanol–water partition coefficient (Wildman–Crippen LogP) is 2.22. The number of carbonyl (C=O) groups excluding carboxylic acids is 2. The van der Waals surface area contributed by atoms with Crippen LogP contribution in [0.1, 0.15) is 43.9 Å². The second kappa shape index (κ2) is 6.57. The third kappa shape index (κ3) is 4.20. The minimum absolute atomic E-state index is 0.164. The van der Waals surface area contributed by atoms with Crippen molar-refractivity contribution < 1.29 is 14.3 Å². The zero-order chi connectivity index (χ0) is 15.5. The molecule has 0 saturated carbocycles.